The molecule has 0 saturated heterocycles. The molecule has 7 nitrogen and oxygen atoms in total. The van der Waals surface area contributed by atoms with Crippen molar-refractivity contribution in [3.8, 4) is 0 Å². The number of nitrogens with one attached hydrogen (secondary N) is 2. The van der Waals surface area contributed by atoms with Gasteiger partial charge in [-0.05, 0) is 39.5 Å². The summed E-state index contributed by atoms with van der Waals surface area (Å²) in [7, 11) is 1.87. The number of ether oxygens (including phenoxy) is 1. The quantitative estimate of drug-likeness (QED) is 0.866. The van der Waals surface area contributed by atoms with Crippen LogP contribution in [-0.4, -0.2) is 39.0 Å². The first-order chi connectivity index (χ1) is 10.8. The summed E-state index contributed by atoms with van der Waals surface area (Å²) < 4.78 is 7.01. The number of alkyl carbamates (subject to hydrolysis) is 1. The number of hydrogen-bond donors (Lipinski definition) is 2. The van der Waals surface area contributed by atoms with E-state index in [0.717, 1.165) is 18.7 Å². The Hall–Kier alpha value is -1.63. The topological polar surface area (TPSA) is 81.1 Å². The fraction of sp³-hybridized carbons (Fsp3) is 0.812. The highest BCUT2D eigenvalue weighted by Crippen LogP contribution is 2.24. The Bertz CT molecular complexity index is 509. The molecule has 1 heterocycles. The molecule has 130 valence electrons. The third-order valence-corrected chi connectivity index (χ3v) is 3.99. The van der Waals surface area contributed by atoms with Crippen molar-refractivity contribution in [2.24, 2.45) is 13.0 Å². The van der Waals surface area contributed by atoms with Crippen LogP contribution in [0.4, 0.5) is 4.79 Å². The molecule has 1 aliphatic carbocycles. The molecular weight excluding hydrogens is 294 g/mol. The monoisotopic (exact) mass is 323 g/mol. The predicted octanol–water partition coefficient (Wildman–Crippen LogP) is 1.99. The van der Waals surface area contributed by atoms with Crippen molar-refractivity contribution < 1.29 is 9.53 Å². The first-order valence-electron chi connectivity index (χ1n) is 8.38. The van der Waals surface area contributed by atoms with Crippen LogP contribution in [0.25, 0.3) is 0 Å². The minimum absolute atomic E-state index is 0.340. The second kappa shape index (κ2) is 7.77. The van der Waals surface area contributed by atoms with Gasteiger partial charge in [0.15, 0.2) is 5.82 Å². The molecular formula is C16H29N5O2. The number of nitrogens with zero attached hydrogens (tertiary/aromatic N) is 3. The maximum atomic E-state index is 11.8. The van der Waals surface area contributed by atoms with Gasteiger partial charge in [-0.3, -0.25) is 4.68 Å². The van der Waals surface area contributed by atoms with Gasteiger partial charge < -0.3 is 15.4 Å². The summed E-state index contributed by atoms with van der Waals surface area (Å²) in [6.07, 6.45) is 6.03. The molecule has 1 aromatic rings. The standard InChI is InChI=1S/C16H29N5O2/c1-16(2,3)23-15(22)18-9-12-7-5-6-8-13(12)17-10-14-19-11-21(4)20-14/h11-13,17H,5-10H2,1-4H3,(H,18,22). The maximum absolute atomic E-state index is 11.8. The van der Waals surface area contributed by atoms with Crippen molar-refractivity contribution in [2.45, 2.75) is 64.6 Å². The van der Waals surface area contributed by atoms with E-state index in [1.165, 1.54) is 12.8 Å². The number of carbonyl (C=O) groups is 1. The number of aryl methyl sites for hydroxylation is 1. The zero-order valence-corrected chi connectivity index (χ0v) is 14.6. The second-order valence-electron chi connectivity index (χ2n) is 7.25. The minimum atomic E-state index is -0.459. The lowest BCUT2D eigenvalue weighted by atomic mass is 9.84. The molecule has 1 saturated carbocycles. The van der Waals surface area contributed by atoms with Crippen molar-refractivity contribution in [3.63, 3.8) is 0 Å². The Morgan fingerprint density at radius 2 is 2.13 bits per heavy atom. The van der Waals surface area contributed by atoms with Gasteiger partial charge in [0, 0.05) is 19.6 Å². The average molecular weight is 323 g/mol. The van der Waals surface area contributed by atoms with Gasteiger partial charge in [-0.2, -0.15) is 5.10 Å². The second-order valence-corrected chi connectivity index (χ2v) is 7.25. The van der Waals surface area contributed by atoms with Crippen molar-refractivity contribution in [3.05, 3.63) is 12.2 Å². The molecule has 2 unspecified atom stereocenters. The molecule has 1 aliphatic rings. The first-order valence-corrected chi connectivity index (χ1v) is 8.38. The molecule has 1 aromatic heterocycles. The Balaban J connectivity index is 1.79. The molecule has 2 N–H and O–H groups in total. The summed E-state index contributed by atoms with van der Waals surface area (Å²) in [5.74, 6) is 1.22. The van der Waals surface area contributed by atoms with E-state index >= 15 is 0 Å². The summed E-state index contributed by atoms with van der Waals surface area (Å²) >= 11 is 0. The van der Waals surface area contributed by atoms with Gasteiger partial charge in [-0.25, -0.2) is 9.78 Å². The van der Waals surface area contributed by atoms with Gasteiger partial charge in [-0.1, -0.05) is 12.8 Å². The van der Waals surface area contributed by atoms with E-state index in [4.69, 9.17) is 4.74 Å². The fourth-order valence-electron chi connectivity index (χ4n) is 2.94. The van der Waals surface area contributed by atoms with Gasteiger partial charge in [0.2, 0.25) is 0 Å². The number of aromatic nitrogens is 3. The van der Waals surface area contributed by atoms with Gasteiger partial charge >= 0.3 is 6.09 Å². The average Bonchev–Trinajstić information content (AvgIpc) is 2.87. The molecule has 0 aromatic carbocycles. The van der Waals surface area contributed by atoms with Crippen LogP contribution in [0.5, 0.6) is 0 Å². The smallest absolute Gasteiger partial charge is 0.407 e. The highest BCUT2D eigenvalue weighted by atomic mass is 16.6. The van der Waals surface area contributed by atoms with E-state index in [9.17, 15) is 4.79 Å². The Labute approximate surface area is 138 Å². The largest absolute Gasteiger partial charge is 0.444 e. The molecule has 7 heteroatoms. The molecule has 1 amide bonds. The lowest BCUT2D eigenvalue weighted by molar-refractivity contribution is 0.0510. The minimum Gasteiger partial charge on any atom is -0.444 e. The first kappa shape index (κ1) is 17.7. The molecule has 0 radical (unpaired) electrons. The highest BCUT2D eigenvalue weighted by molar-refractivity contribution is 5.67. The van der Waals surface area contributed by atoms with Crippen molar-refractivity contribution >= 4 is 6.09 Å². The number of hydrogen-bond acceptors (Lipinski definition) is 5. The van der Waals surface area contributed by atoms with E-state index < -0.39 is 5.60 Å². The molecule has 0 bridgehead atoms. The molecule has 0 spiro atoms. The molecule has 2 rings (SSSR count). The summed E-state index contributed by atoms with van der Waals surface area (Å²) in [6.45, 7) is 6.92. The number of carbonyl (C=O) groups excluding carboxylic acids is 1. The Morgan fingerprint density at radius 1 is 1.39 bits per heavy atom. The number of amides is 1. The molecule has 1 fully saturated rings. The predicted molar refractivity (Wildman–Crippen MR) is 87.8 cm³/mol. The van der Waals surface area contributed by atoms with Crippen molar-refractivity contribution in [2.75, 3.05) is 6.54 Å². The van der Waals surface area contributed by atoms with Crippen LogP contribution < -0.4 is 10.6 Å². The van der Waals surface area contributed by atoms with Crippen LogP contribution in [0.2, 0.25) is 0 Å². The molecule has 23 heavy (non-hydrogen) atoms. The van der Waals surface area contributed by atoms with E-state index in [2.05, 4.69) is 20.7 Å². The van der Waals surface area contributed by atoms with Crippen molar-refractivity contribution in [1.29, 1.82) is 0 Å². The van der Waals surface area contributed by atoms with E-state index in [0.29, 0.717) is 25.0 Å². The summed E-state index contributed by atoms with van der Waals surface area (Å²) in [5.41, 5.74) is -0.459. The molecule has 2 atom stereocenters. The summed E-state index contributed by atoms with van der Waals surface area (Å²) in [4.78, 5) is 16.1. The molecule has 0 aliphatic heterocycles. The normalized spacial score (nSPS) is 21.9. The van der Waals surface area contributed by atoms with Crippen LogP contribution >= 0.6 is 0 Å². The van der Waals surface area contributed by atoms with E-state index in [1.54, 1.807) is 11.0 Å². The van der Waals surface area contributed by atoms with Crippen LogP contribution in [0.1, 0.15) is 52.3 Å². The lowest BCUT2D eigenvalue weighted by Crippen LogP contribution is -2.45. The SMILES string of the molecule is Cn1cnc(CNC2CCCCC2CNC(=O)OC(C)(C)C)n1. The zero-order valence-electron chi connectivity index (χ0n) is 14.6. The van der Waals surface area contributed by atoms with Crippen LogP contribution in [0, 0.1) is 5.92 Å². The van der Waals surface area contributed by atoms with E-state index in [1.807, 2.05) is 27.8 Å². The third-order valence-electron chi connectivity index (χ3n) is 3.99. The Kier molecular flexibility index (Phi) is 5.98. The number of rotatable bonds is 5. The maximum Gasteiger partial charge on any atom is 0.407 e. The lowest BCUT2D eigenvalue weighted by Gasteiger charge is -2.32. The van der Waals surface area contributed by atoms with Crippen LogP contribution in [0.15, 0.2) is 6.33 Å². The van der Waals surface area contributed by atoms with Gasteiger partial charge in [-0.15, -0.1) is 0 Å². The van der Waals surface area contributed by atoms with Gasteiger partial charge in [0.25, 0.3) is 0 Å². The van der Waals surface area contributed by atoms with Crippen LogP contribution in [-0.2, 0) is 18.3 Å². The van der Waals surface area contributed by atoms with E-state index in [-0.39, 0.29) is 6.09 Å². The highest BCUT2D eigenvalue weighted by Gasteiger charge is 2.26. The van der Waals surface area contributed by atoms with Crippen molar-refractivity contribution in [1.82, 2.24) is 25.4 Å². The van der Waals surface area contributed by atoms with Crippen LogP contribution in [0.3, 0.4) is 0 Å². The Morgan fingerprint density at radius 3 is 2.78 bits per heavy atom. The fourth-order valence-corrected chi connectivity index (χ4v) is 2.94. The van der Waals surface area contributed by atoms with Gasteiger partial charge in [0.1, 0.15) is 11.9 Å². The van der Waals surface area contributed by atoms with Gasteiger partial charge in [0.05, 0.1) is 6.54 Å². The summed E-state index contributed by atoms with van der Waals surface area (Å²) in [5, 5.41) is 10.7. The third kappa shape index (κ3) is 6.17. The summed E-state index contributed by atoms with van der Waals surface area (Å²) in [6, 6.07) is 0.377. The zero-order chi connectivity index (χ0) is 16.9.